The molecule has 6 nitrogen and oxygen atoms in total. The summed E-state index contributed by atoms with van der Waals surface area (Å²) in [5.74, 6) is -0.370. The molecule has 1 N–H and O–H groups in total. The van der Waals surface area contributed by atoms with Gasteiger partial charge in [0, 0.05) is 12.6 Å². The SMILES string of the molecule is CCN(CC(=O)NC(C)C)S(=O)(=O)c1ccccc1C#N. The van der Waals surface area contributed by atoms with Gasteiger partial charge in [-0.15, -0.1) is 0 Å². The van der Waals surface area contributed by atoms with Crippen molar-refractivity contribution < 1.29 is 13.2 Å². The smallest absolute Gasteiger partial charge is 0.244 e. The van der Waals surface area contributed by atoms with E-state index in [1.54, 1.807) is 32.9 Å². The molecule has 1 aromatic carbocycles. The summed E-state index contributed by atoms with van der Waals surface area (Å²) >= 11 is 0. The minimum absolute atomic E-state index is 0.0645. The van der Waals surface area contributed by atoms with Crippen molar-refractivity contribution in [2.75, 3.05) is 13.1 Å². The van der Waals surface area contributed by atoms with Gasteiger partial charge in [-0.1, -0.05) is 19.1 Å². The van der Waals surface area contributed by atoms with Crippen LogP contribution in [0.3, 0.4) is 0 Å². The molecular weight excluding hydrogens is 290 g/mol. The van der Waals surface area contributed by atoms with Crippen LogP contribution in [-0.4, -0.2) is 37.8 Å². The Balaban J connectivity index is 3.09. The van der Waals surface area contributed by atoms with Gasteiger partial charge in [0.25, 0.3) is 0 Å². The summed E-state index contributed by atoms with van der Waals surface area (Å²) in [6.07, 6.45) is 0. The number of benzene rings is 1. The lowest BCUT2D eigenvalue weighted by atomic mass is 10.2. The van der Waals surface area contributed by atoms with Crippen molar-refractivity contribution in [1.29, 1.82) is 5.26 Å². The first-order chi connectivity index (χ1) is 9.82. The second-order valence-corrected chi connectivity index (χ2v) is 6.67. The molecule has 0 spiro atoms. The molecule has 0 atom stereocenters. The molecule has 1 aromatic rings. The molecule has 0 unspecified atom stereocenters. The molecule has 114 valence electrons. The molecule has 0 radical (unpaired) electrons. The van der Waals surface area contributed by atoms with E-state index in [2.05, 4.69) is 5.32 Å². The molecule has 0 aliphatic heterocycles. The normalized spacial score (nSPS) is 11.4. The molecule has 0 aliphatic rings. The summed E-state index contributed by atoms with van der Waals surface area (Å²) in [6.45, 7) is 5.13. The van der Waals surface area contributed by atoms with Gasteiger partial charge in [-0.25, -0.2) is 8.42 Å². The Bertz CT molecular complexity index is 648. The van der Waals surface area contributed by atoms with Crippen LogP contribution in [0.4, 0.5) is 0 Å². The van der Waals surface area contributed by atoms with Gasteiger partial charge in [0.05, 0.1) is 17.0 Å². The summed E-state index contributed by atoms with van der Waals surface area (Å²) in [4.78, 5) is 11.7. The molecule has 0 fully saturated rings. The molecule has 1 rings (SSSR count). The minimum atomic E-state index is -3.87. The zero-order chi connectivity index (χ0) is 16.0. The second-order valence-electron chi connectivity index (χ2n) is 4.76. The maximum atomic E-state index is 12.6. The van der Waals surface area contributed by atoms with Crippen molar-refractivity contribution in [1.82, 2.24) is 9.62 Å². The van der Waals surface area contributed by atoms with E-state index in [1.165, 1.54) is 12.1 Å². The van der Waals surface area contributed by atoms with Gasteiger partial charge in [0.1, 0.15) is 6.07 Å². The molecule has 0 heterocycles. The van der Waals surface area contributed by atoms with E-state index in [1.807, 2.05) is 6.07 Å². The fourth-order valence-corrected chi connectivity index (χ4v) is 3.36. The van der Waals surface area contributed by atoms with Gasteiger partial charge in [0.15, 0.2) is 0 Å². The summed E-state index contributed by atoms with van der Waals surface area (Å²) in [6, 6.07) is 7.75. The monoisotopic (exact) mass is 309 g/mol. The molecule has 0 aliphatic carbocycles. The molecule has 7 heteroatoms. The Morgan fingerprint density at radius 2 is 2.00 bits per heavy atom. The topological polar surface area (TPSA) is 90.3 Å². The molecule has 0 bridgehead atoms. The summed E-state index contributed by atoms with van der Waals surface area (Å²) in [5.41, 5.74) is 0.0696. The quantitative estimate of drug-likeness (QED) is 0.851. The zero-order valence-electron chi connectivity index (χ0n) is 12.3. The third kappa shape index (κ3) is 4.28. The highest BCUT2D eigenvalue weighted by Gasteiger charge is 2.27. The van der Waals surface area contributed by atoms with Crippen LogP contribution in [0.15, 0.2) is 29.2 Å². The number of carbonyl (C=O) groups is 1. The second kappa shape index (κ2) is 7.20. The van der Waals surface area contributed by atoms with E-state index in [0.29, 0.717) is 0 Å². The largest absolute Gasteiger partial charge is 0.353 e. The van der Waals surface area contributed by atoms with E-state index in [-0.39, 0.29) is 35.5 Å². The molecule has 0 aromatic heterocycles. The van der Waals surface area contributed by atoms with Crippen molar-refractivity contribution in [2.24, 2.45) is 0 Å². The van der Waals surface area contributed by atoms with Gasteiger partial charge >= 0.3 is 0 Å². The third-order valence-corrected chi connectivity index (χ3v) is 4.73. The number of likely N-dealkylation sites (N-methyl/N-ethyl adjacent to an activating group) is 1. The summed E-state index contributed by atoms with van der Waals surface area (Å²) in [5, 5.41) is 11.7. The maximum Gasteiger partial charge on any atom is 0.244 e. The van der Waals surface area contributed by atoms with Gasteiger partial charge in [-0.3, -0.25) is 4.79 Å². The number of sulfonamides is 1. The fraction of sp³-hybridized carbons (Fsp3) is 0.429. The van der Waals surface area contributed by atoms with E-state index >= 15 is 0 Å². The first-order valence-electron chi connectivity index (χ1n) is 6.61. The molecule has 0 saturated heterocycles. The van der Waals surface area contributed by atoms with Crippen LogP contribution in [0.1, 0.15) is 26.3 Å². The van der Waals surface area contributed by atoms with Gasteiger partial charge < -0.3 is 5.32 Å². The fourth-order valence-electron chi connectivity index (χ4n) is 1.82. The first kappa shape index (κ1) is 17.1. The highest BCUT2D eigenvalue weighted by molar-refractivity contribution is 7.89. The molecule has 1 amide bonds. The third-order valence-electron chi connectivity index (χ3n) is 2.75. The van der Waals surface area contributed by atoms with Gasteiger partial charge in [-0.2, -0.15) is 9.57 Å². The number of hydrogen-bond acceptors (Lipinski definition) is 4. The summed E-state index contributed by atoms with van der Waals surface area (Å²) < 4.78 is 26.2. The minimum Gasteiger partial charge on any atom is -0.353 e. The lowest BCUT2D eigenvalue weighted by Crippen LogP contribution is -2.42. The predicted molar refractivity (Wildman–Crippen MR) is 78.9 cm³/mol. The first-order valence-corrected chi connectivity index (χ1v) is 8.05. The molecular formula is C14H19N3O3S. The van der Waals surface area contributed by atoms with Crippen molar-refractivity contribution >= 4 is 15.9 Å². The number of rotatable bonds is 6. The zero-order valence-corrected chi connectivity index (χ0v) is 13.1. The average Bonchev–Trinajstić information content (AvgIpc) is 2.43. The van der Waals surface area contributed by atoms with Crippen LogP contribution in [0.25, 0.3) is 0 Å². The number of nitrogens with one attached hydrogen (secondary N) is 1. The predicted octanol–water partition coefficient (Wildman–Crippen LogP) is 1.09. The van der Waals surface area contributed by atoms with Crippen LogP contribution in [-0.2, 0) is 14.8 Å². The number of nitrogens with zero attached hydrogens (tertiary/aromatic N) is 2. The standard InChI is InChI=1S/C14H19N3O3S/c1-4-17(10-14(18)16-11(2)3)21(19,20)13-8-6-5-7-12(13)9-15/h5-8,11H,4,10H2,1-3H3,(H,16,18). The lowest BCUT2D eigenvalue weighted by Gasteiger charge is -2.21. The number of nitriles is 1. The van der Waals surface area contributed by atoms with Crippen molar-refractivity contribution in [3.63, 3.8) is 0 Å². The van der Waals surface area contributed by atoms with Crippen LogP contribution in [0.2, 0.25) is 0 Å². The average molecular weight is 309 g/mol. The number of amides is 1. The van der Waals surface area contributed by atoms with Crippen LogP contribution in [0.5, 0.6) is 0 Å². The van der Waals surface area contributed by atoms with Crippen LogP contribution >= 0.6 is 0 Å². The molecule has 21 heavy (non-hydrogen) atoms. The van der Waals surface area contributed by atoms with Gasteiger partial charge in [0.2, 0.25) is 15.9 Å². The van der Waals surface area contributed by atoms with Crippen LogP contribution < -0.4 is 5.32 Å². The van der Waals surface area contributed by atoms with E-state index in [9.17, 15) is 13.2 Å². The van der Waals surface area contributed by atoms with Crippen molar-refractivity contribution in [3.05, 3.63) is 29.8 Å². The van der Waals surface area contributed by atoms with Crippen molar-refractivity contribution in [3.8, 4) is 6.07 Å². The van der Waals surface area contributed by atoms with E-state index in [4.69, 9.17) is 5.26 Å². The number of carbonyl (C=O) groups excluding carboxylic acids is 1. The lowest BCUT2D eigenvalue weighted by molar-refractivity contribution is -0.121. The Morgan fingerprint density at radius 1 is 1.38 bits per heavy atom. The Kier molecular flexibility index (Phi) is 5.88. The highest BCUT2D eigenvalue weighted by atomic mass is 32.2. The Labute approximate surface area is 125 Å². The van der Waals surface area contributed by atoms with Crippen LogP contribution in [0, 0.1) is 11.3 Å². The molecule has 0 saturated carbocycles. The van der Waals surface area contributed by atoms with Gasteiger partial charge in [-0.05, 0) is 26.0 Å². The summed E-state index contributed by atoms with van der Waals surface area (Å²) in [7, 11) is -3.87. The van der Waals surface area contributed by atoms with E-state index < -0.39 is 10.0 Å². The number of hydrogen-bond donors (Lipinski definition) is 1. The van der Waals surface area contributed by atoms with Crippen molar-refractivity contribution in [2.45, 2.75) is 31.7 Å². The van der Waals surface area contributed by atoms with E-state index in [0.717, 1.165) is 4.31 Å². The Hall–Kier alpha value is -1.91. The maximum absolute atomic E-state index is 12.6. The Morgan fingerprint density at radius 3 is 2.52 bits per heavy atom. The highest BCUT2D eigenvalue weighted by Crippen LogP contribution is 2.19.